The van der Waals surface area contributed by atoms with Crippen LogP contribution in [0.2, 0.25) is 0 Å². The van der Waals surface area contributed by atoms with Gasteiger partial charge in [-0.15, -0.1) is 0 Å². The minimum absolute atomic E-state index is 0.273. The van der Waals surface area contributed by atoms with Crippen LogP contribution in [0.5, 0.6) is 17.2 Å². The lowest BCUT2D eigenvalue weighted by atomic mass is 10.1. The molecule has 0 unspecified atom stereocenters. The number of benzene rings is 3. The predicted molar refractivity (Wildman–Crippen MR) is 114 cm³/mol. The van der Waals surface area contributed by atoms with Crippen LogP contribution < -0.4 is 14.2 Å². The summed E-state index contributed by atoms with van der Waals surface area (Å²) in [5.41, 5.74) is 2.64. The largest absolute Gasteiger partial charge is 0.493 e. The van der Waals surface area contributed by atoms with Crippen LogP contribution in [0.4, 0.5) is 4.39 Å². The first-order valence-corrected chi connectivity index (χ1v) is 9.80. The molecule has 0 radical (unpaired) electrons. The molecule has 0 amide bonds. The van der Waals surface area contributed by atoms with Gasteiger partial charge in [-0.05, 0) is 30.3 Å². The average molecular weight is 409 g/mol. The highest BCUT2D eigenvalue weighted by Crippen LogP contribution is 2.46. The van der Waals surface area contributed by atoms with Gasteiger partial charge < -0.3 is 19.2 Å². The van der Waals surface area contributed by atoms with Gasteiger partial charge in [-0.2, -0.15) is 0 Å². The van der Waals surface area contributed by atoms with E-state index in [4.69, 9.17) is 14.2 Å². The second-order valence-corrected chi connectivity index (χ2v) is 7.43. The van der Waals surface area contributed by atoms with Crippen molar-refractivity contribution in [2.45, 2.75) is 9.79 Å². The van der Waals surface area contributed by atoms with Crippen LogP contribution in [-0.4, -0.2) is 26.3 Å². The molecule has 3 aromatic carbocycles. The maximum absolute atomic E-state index is 13.9. The quantitative estimate of drug-likeness (QED) is 0.415. The number of para-hydroxylation sites is 1. The van der Waals surface area contributed by atoms with Crippen LogP contribution in [0, 0.1) is 5.82 Å². The van der Waals surface area contributed by atoms with Crippen LogP contribution in [0.15, 0.2) is 70.5 Å². The molecule has 0 bridgehead atoms. The van der Waals surface area contributed by atoms with Gasteiger partial charge in [0.2, 0.25) is 5.75 Å². The first kappa shape index (κ1) is 19.2. The molecule has 4 rings (SSSR count). The van der Waals surface area contributed by atoms with Crippen molar-refractivity contribution in [2.24, 2.45) is 0 Å². The molecule has 0 spiro atoms. The minimum atomic E-state index is -0.273. The Balaban J connectivity index is 1.87. The van der Waals surface area contributed by atoms with E-state index >= 15 is 0 Å². The highest BCUT2D eigenvalue weighted by Gasteiger charge is 2.18. The number of fused-ring (bicyclic) bond motifs is 1. The van der Waals surface area contributed by atoms with E-state index in [1.54, 1.807) is 39.2 Å². The molecule has 6 heteroatoms. The second kappa shape index (κ2) is 8.09. The molecule has 148 valence electrons. The molecule has 0 aliphatic rings. The highest BCUT2D eigenvalue weighted by atomic mass is 32.2. The fourth-order valence-corrected chi connectivity index (χ4v) is 4.43. The summed E-state index contributed by atoms with van der Waals surface area (Å²) in [6, 6.07) is 18.4. The summed E-state index contributed by atoms with van der Waals surface area (Å²) in [7, 11) is 4.76. The van der Waals surface area contributed by atoms with Crippen molar-refractivity contribution in [3.05, 3.63) is 66.5 Å². The molecule has 4 nitrogen and oxygen atoms in total. The summed E-state index contributed by atoms with van der Waals surface area (Å²) < 4.78 is 30.3. The number of hydrogen-bond acceptors (Lipinski definition) is 4. The van der Waals surface area contributed by atoms with Crippen LogP contribution in [0.3, 0.4) is 0 Å². The summed E-state index contributed by atoms with van der Waals surface area (Å²) in [5.74, 6) is 1.44. The number of aromatic amines is 1. The third kappa shape index (κ3) is 3.63. The highest BCUT2D eigenvalue weighted by molar-refractivity contribution is 7.99. The third-order valence-electron chi connectivity index (χ3n) is 4.63. The van der Waals surface area contributed by atoms with E-state index in [1.165, 1.54) is 12.1 Å². The van der Waals surface area contributed by atoms with Crippen molar-refractivity contribution in [1.82, 2.24) is 4.98 Å². The molecule has 0 aliphatic heterocycles. The van der Waals surface area contributed by atoms with Crippen molar-refractivity contribution < 1.29 is 18.6 Å². The van der Waals surface area contributed by atoms with Gasteiger partial charge >= 0.3 is 0 Å². The van der Waals surface area contributed by atoms with E-state index in [1.807, 2.05) is 36.4 Å². The molecule has 1 N–H and O–H groups in total. The predicted octanol–water partition coefficient (Wildman–Crippen LogP) is 6.15. The number of rotatable bonds is 6. The van der Waals surface area contributed by atoms with Crippen LogP contribution >= 0.6 is 11.8 Å². The fraction of sp³-hybridized carbons (Fsp3) is 0.130. The summed E-state index contributed by atoms with van der Waals surface area (Å²) in [6.45, 7) is 0. The molecule has 0 saturated heterocycles. The monoisotopic (exact) mass is 409 g/mol. The third-order valence-corrected chi connectivity index (χ3v) is 5.73. The zero-order chi connectivity index (χ0) is 20.4. The lowest BCUT2D eigenvalue weighted by molar-refractivity contribution is 0.323. The maximum atomic E-state index is 13.9. The van der Waals surface area contributed by atoms with Gasteiger partial charge in [0.05, 0.1) is 27.0 Å². The molecule has 1 aromatic heterocycles. The molecule has 0 aliphatic carbocycles. The summed E-state index contributed by atoms with van der Waals surface area (Å²) in [6.07, 6.45) is 0. The molecule has 0 fully saturated rings. The number of H-pyrrole nitrogens is 1. The molecule has 0 atom stereocenters. The Morgan fingerprint density at radius 3 is 2.21 bits per heavy atom. The molecule has 1 heterocycles. The normalized spacial score (nSPS) is 10.9. The topological polar surface area (TPSA) is 43.5 Å². The average Bonchev–Trinajstić information content (AvgIpc) is 3.11. The van der Waals surface area contributed by atoms with Crippen LogP contribution in [0.25, 0.3) is 22.2 Å². The molecule has 0 saturated carbocycles. The van der Waals surface area contributed by atoms with Crippen LogP contribution in [-0.2, 0) is 0 Å². The van der Waals surface area contributed by atoms with Gasteiger partial charge in [-0.25, -0.2) is 4.39 Å². The van der Waals surface area contributed by atoms with Crippen molar-refractivity contribution in [2.75, 3.05) is 21.3 Å². The Morgan fingerprint density at radius 2 is 1.55 bits per heavy atom. The SMILES string of the molecule is COc1cc(Sc2c(-c3cccc(F)c3)[nH]c3ccccc23)cc(OC)c1OC. The van der Waals surface area contributed by atoms with E-state index in [0.717, 1.165) is 32.0 Å². The Bertz CT molecular complexity index is 1150. The lowest BCUT2D eigenvalue weighted by Gasteiger charge is -2.14. The molecular formula is C23H20FNO3S. The van der Waals surface area contributed by atoms with Crippen molar-refractivity contribution in [3.8, 4) is 28.5 Å². The second-order valence-electron chi connectivity index (χ2n) is 6.35. The Morgan fingerprint density at radius 1 is 0.828 bits per heavy atom. The first-order valence-electron chi connectivity index (χ1n) is 8.99. The van der Waals surface area contributed by atoms with E-state index in [0.29, 0.717) is 17.2 Å². The van der Waals surface area contributed by atoms with Crippen LogP contribution in [0.1, 0.15) is 0 Å². The number of nitrogens with one attached hydrogen (secondary N) is 1. The smallest absolute Gasteiger partial charge is 0.203 e. The maximum Gasteiger partial charge on any atom is 0.203 e. The van der Waals surface area contributed by atoms with Gasteiger partial charge in [-0.3, -0.25) is 0 Å². The number of ether oxygens (including phenoxy) is 3. The fourth-order valence-electron chi connectivity index (χ4n) is 3.30. The zero-order valence-electron chi connectivity index (χ0n) is 16.3. The number of methoxy groups -OCH3 is 3. The number of aromatic nitrogens is 1. The van der Waals surface area contributed by atoms with Gasteiger partial charge in [0, 0.05) is 26.3 Å². The summed E-state index contributed by atoms with van der Waals surface area (Å²) >= 11 is 1.56. The standard InChI is InChI=1S/C23H20FNO3S/c1-26-19-12-16(13-20(27-2)22(19)28-3)29-23-17-9-4-5-10-18(17)25-21(23)14-7-6-8-15(24)11-14/h4-13,25H,1-3H3. The molecule has 4 aromatic rings. The Labute approximate surface area is 172 Å². The van der Waals surface area contributed by atoms with Crippen molar-refractivity contribution in [3.63, 3.8) is 0 Å². The minimum Gasteiger partial charge on any atom is -0.493 e. The van der Waals surface area contributed by atoms with E-state index < -0.39 is 0 Å². The van der Waals surface area contributed by atoms with Gasteiger partial charge in [0.25, 0.3) is 0 Å². The molecular weight excluding hydrogens is 389 g/mol. The van der Waals surface area contributed by atoms with E-state index in [2.05, 4.69) is 11.1 Å². The van der Waals surface area contributed by atoms with Crippen molar-refractivity contribution >= 4 is 22.7 Å². The van der Waals surface area contributed by atoms with Gasteiger partial charge in [0.1, 0.15) is 5.82 Å². The lowest BCUT2D eigenvalue weighted by Crippen LogP contribution is -1.95. The number of hydrogen-bond donors (Lipinski definition) is 1. The van der Waals surface area contributed by atoms with E-state index in [-0.39, 0.29) is 5.82 Å². The summed E-state index contributed by atoms with van der Waals surface area (Å²) in [5, 5.41) is 1.06. The van der Waals surface area contributed by atoms with Gasteiger partial charge in [-0.1, -0.05) is 42.1 Å². The number of halogens is 1. The Hall–Kier alpha value is -3.12. The van der Waals surface area contributed by atoms with Crippen molar-refractivity contribution in [1.29, 1.82) is 0 Å². The zero-order valence-corrected chi connectivity index (χ0v) is 17.1. The summed E-state index contributed by atoms with van der Waals surface area (Å²) in [4.78, 5) is 5.35. The Kier molecular flexibility index (Phi) is 5.36. The first-order chi connectivity index (χ1) is 14.1. The van der Waals surface area contributed by atoms with E-state index in [9.17, 15) is 4.39 Å². The van der Waals surface area contributed by atoms with Gasteiger partial charge in [0.15, 0.2) is 11.5 Å². The molecule has 29 heavy (non-hydrogen) atoms.